The van der Waals surface area contributed by atoms with E-state index in [0.717, 1.165) is 18.2 Å². The van der Waals surface area contributed by atoms with Crippen molar-refractivity contribution in [3.63, 3.8) is 0 Å². The van der Waals surface area contributed by atoms with E-state index >= 15 is 0 Å². The molecule has 0 radical (unpaired) electrons. The molecular formula is C11H14N2O6S. The Morgan fingerprint density at radius 2 is 1.95 bits per heavy atom. The van der Waals surface area contributed by atoms with Gasteiger partial charge in [0.2, 0.25) is 10.0 Å². The molecule has 20 heavy (non-hydrogen) atoms. The van der Waals surface area contributed by atoms with E-state index in [2.05, 4.69) is 0 Å². The topological polar surface area (TPSA) is 127 Å². The average molecular weight is 302 g/mol. The number of nitrogens with one attached hydrogen (secondary N) is 1. The van der Waals surface area contributed by atoms with E-state index in [1.165, 1.54) is 20.8 Å². The molecule has 1 aromatic carbocycles. The molecule has 0 aliphatic heterocycles. The van der Waals surface area contributed by atoms with Gasteiger partial charge in [0.05, 0.1) is 9.82 Å². The zero-order valence-corrected chi connectivity index (χ0v) is 11.9. The molecule has 0 aliphatic carbocycles. The lowest BCUT2D eigenvalue weighted by Gasteiger charge is -2.21. The summed E-state index contributed by atoms with van der Waals surface area (Å²) in [6, 6.07) is 3.24. The maximum Gasteiger partial charge on any atom is 0.324 e. The van der Waals surface area contributed by atoms with Crippen LogP contribution in [0.1, 0.15) is 19.4 Å². The minimum Gasteiger partial charge on any atom is -0.480 e. The van der Waals surface area contributed by atoms with E-state index in [9.17, 15) is 23.3 Å². The van der Waals surface area contributed by atoms with Gasteiger partial charge in [0.1, 0.15) is 5.54 Å². The van der Waals surface area contributed by atoms with Gasteiger partial charge in [-0.1, -0.05) is 0 Å². The first-order chi connectivity index (χ1) is 8.97. The van der Waals surface area contributed by atoms with Gasteiger partial charge in [-0.2, -0.15) is 4.72 Å². The molecule has 0 heterocycles. The number of aryl methyl sites for hydroxylation is 1. The molecule has 0 aliphatic rings. The molecule has 110 valence electrons. The molecule has 0 atom stereocenters. The zero-order chi connectivity index (χ0) is 15.7. The molecule has 0 amide bonds. The van der Waals surface area contributed by atoms with Gasteiger partial charge in [0.15, 0.2) is 0 Å². The summed E-state index contributed by atoms with van der Waals surface area (Å²) in [5.41, 5.74) is -1.76. The molecule has 1 rings (SSSR count). The number of carboxylic acids is 1. The second-order valence-corrected chi connectivity index (χ2v) is 6.39. The van der Waals surface area contributed by atoms with E-state index in [0.29, 0.717) is 0 Å². The van der Waals surface area contributed by atoms with Crippen LogP contribution in [0, 0.1) is 17.0 Å². The summed E-state index contributed by atoms with van der Waals surface area (Å²) >= 11 is 0. The smallest absolute Gasteiger partial charge is 0.324 e. The van der Waals surface area contributed by atoms with Crippen LogP contribution in [0.25, 0.3) is 0 Å². The van der Waals surface area contributed by atoms with Gasteiger partial charge in [0, 0.05) is 12.1 Å². The second-order valence-electron chi connectivity index (χ2n) is 4.74. The molecule has 0 saturated heterocycles. The number of rotatable bonds is 5. The highest BCUT2D eigenvalue weighted by Crippen LogP contribution is 2.22. The lowest BCUT2D eigenvalue weighted by atomic mass is 10.1. The summed E-state index contributed by atoms with van der Waals surface area (Å²) in [4.78, 5) is 20.7. The largest absolute Gasteiger partial charge is 0.480 e. The molecule has 0 spiro atoms. The van der Waals surface area contributed by atoms with Crippen molar-refractivity contribution in [2.75, 3.05) is 0 Å². The number of sulfonamides is 1. The fourth-order valence-electron chi connectivity index (χ4n) is 1.48. The Bertz CT molecular complexity index is 665. The summed E-state index contributed by atoms with van der Waals surface area (Å²) in [5, 5.41) is 19.5. The number of nitrogens with zero attached hydrogens (tertiary/aromatic N) is 1. The van der Waals surface area contributed by atoms with Crippen molar-refractivity contribution in [2.45, 2.75) is 31.2 Å². The van der Waals surface area contributed by atoms with Gasteiger partial charge in [-0.05, 0) is 32.4 Å². The monoisotopic (exact) mass is 302 g/mol. The van der Waals surface area contributed by atoms with Crippen LogP contribution < -0.4 is 4.72 Å². The van der Waals surface area contributed by atoms with E-state index in [1.54, 1.807) is 0 Å². The van der Waals surface area contributed by atoms with Crippen molar-refractivity contribution in [1.82, 2.24) is 4.72 Å². The minimum atomic E-state index is -4.09. The molecule has 0 unspecified atom stereocenters. The number of hydrogen-bond acceptors (Lipinski definition) is 5. The third-order valence-corrected chi connectivity index (χ3v) is 4.40. The average Bonchev–Trinajstić information content (AvgIpc) is 2.26. The number of nitro groups is 1. The number of non-ortho nitro benzene ring substituents is 1. The lowest BCUT2D eigenvalue weighted by molar-refractivity contribution is -0.385. The number of hydrogen-bond donors (Lipinski definition) is 2. The number of nitro benzene ring substituents is 1. The van der Waals surface area contributed by atoms with Gasteiger partial charge in [-0.15, -0.1) is 0 Å². The Hall–Kier alpha value is -2.00. The predicted octanol–water partition coefficient (Wildman–Crippen LogP) is 1.04. The van der Waals surface area contributed by atoms with E-state index in [-0.39, 0.29) is 16.1 Å². The zero-order valence-electron chi connectivity index (χ0n) is 11.1. The predicted molar refractivity (Wildman–Crippen MR) is 69.9 cm³/mol. The maximum atomic E-state index is 12.1. The molecule has 9 heteroatoms. The van der Waals surface area contributed by atoms with Crippen LogP contribution in [-0.2, 0) is 14.8 Å². The summed E-state index contributed by atoms with van der Waals surface area (Å²) in [5.74, 6) is -1.33. The Morgan fingerprint density at radius 3 is 2.35 bits per heavy atom. The fraction of sp³-hybridized carbons (Fsp3) is 0.364. The first-order valence-corrected chi connectivity index (χ1v) is 6.98. The molecule has 0 aromatic heterocycles. The quantitative estimate of drug-likeness (QED) is 0.618. The fourth-order valence-corrected chi connectivity index (χ4v) is 3.08. The van der Waals surface area contributed by atoms with Crippen molar-refractivity contribution in [3.05, 3.63) is 33.9 Å². The highest BCUT2D eigenvalue weighted by atomic mass is 32.2. The van der Waals surface area contributed by atoms with Gasteiger partial charge in [0.25, 0.3) is 5.69 Å². The van der Waals surface area contributed by atoms with Crippen LogP contribution >= 0.6 is 0 Å². The molecule has 0 saturated carbocycles. The van der Waals surface area contributed by atoms with Crippen molar-refractivity contribution in [1.29, 1.82) is 0 Å². The molecule has 0 bridgehead atoms. The highest BCUT2D eigenvalue weighted by molar-refractivity contribution is 7.89. The summed E-state index contributed by atoms with van der Waals surface area (Å²) in [6.07, 6.45) is 0. The summed E-state index contributed by atoms with van der Waals surface area (Å²) in [7, 11) is -4.09. The third kappa shape index (κ3) is 3.31. The Labute approximate surface area is 115 Å². The second kappa shape index (κ2) is 5.17. The third-order valence-electron chi connectivity index (χ3n) is 2.58. The van der Waals surface area contributed by atoms with Crippen LogP contribution in [0.2, 0.25) is 0 Å². The van der Waals surface area contributed by atoms with E-state index in [4.69, 9.17) is 5.11 Å². The van der Waals surface area contributed by atoms with Crippen LogP contribution in [0.3, 0.4) is 0 Å². The number of benzene rings is 1. The minimum absolute atomic E-state index is 0.160. The highest BCUT2D eigenvalue weighted by Gasteiger charge is 2.33. The van der Waals surface area contributed by atoms with E-state index < -0.39 is 26.5 Å². The summed E-state index contributed by atoms with van der Waals surface area (Å²) < 4.78 is 26.3. The molecule has 0 fully saturated rings. The SMILES string of the molecule is Cc1cc([N+](=O)[O-])ccc1S(=O)(=O)NC(C)(C)C(=O)O. The molecule has 8 nitrogen and oxygen atoms in total. The van der Waals surface area contributed by atoms with E-state index in [1.807, 2.05) is 4.72 Å². The Kier molecular flexibility index (Phi) is 4.15. The molecule has 1 aromatic rings. The van der Waals surface area contributed by atoms with Crippen LogP contribution in [0.4, 0.5) is 5.69 Å². The van der Waals surface area contributed by atoms with Crippen molar-refractivity contribution in [2.24, 2.45) is 0 Å². The van der Waals surface area contributed by atoms with Crippen LogP contribution in [0.5, 0.6) is 0 Å². The number of aliphatic carboxylic acids is 1. The first-order valence-electron chi connectivity index (χ1n) is 5.50. The normalized spacial score (nSPS) is 12.2. The lowest BCUT2D eigenvalue weighted by Crippen LogP contribution is -2.49. The molecule has 2 N–H and O–H groups in total. The van der Waals surface area contributed by atoms with Gasteiger partial charge in [-0.25, -0.2) is 8.42 Å². The number of carboxylic acid groups (broad SMARTS) is 1. The standard InChI is InChI=1S/C11H14N2O6S/c1-7-6-8(13(16)17)4-5-9(7)20(18,19)12-11(2,3)10(14)15/h4-6,12H,1-3H3,(H,14,15). The van der Waals surface area contributed by atoms with Crippen LogP contribution in [0.15, 0.2) is 23.1 Å². The van der Waals surface area contributed by atoms with Crippen LogP contribution in [-0.4, -0.2) is 30.0 Å². The molecular weight excluding hydrogens is 288 g/mol. The van der Waals surface area contributed by atoms with Crippen molar-refractivity contribution < 1.29 is 23.2 Å². The number of carbonyl (C=O) groups is 1. The van der Waals surface area contributed by atoms with Gasteiger partial charge >= 0.3 is 5.97 Å². The van der Waals surface area contributed by atoms with Crippen molar-refractivity contribution in [3.8, 4) is 0 Å². The van der Waals surface area contributed by atoms with Gasteiger partial charge in [-0.3, -0.25) is 14.9 Å². The summed E-state index contributed by atoms with van der Waals surface area (Å²) in [6.45, 7) is 3.80. The van der Waals surface area contributed by atoms with Gasteiger partial charge < -0.3 is 5.11 Å². The Balaban J connectivity index is 3.24. The Morgan fingerprint density at radius 1 is 1.40 bits per heavy atom. The maximum absolute atomic E-state index is 12.1. The van der Waals surface area contributed by atoms with Crippen molar-refractivity contribution >= 4 is 21.7 Å². The first kappa shape index (κ1) is 16.1.